The van der Waals surface area contributed by atoms with E-state index in [4.69, 9.17) is 14.2 Å². The minimum Gasteiger partial charge on any atom is -0.604 e. The maximum Gasteiger partial charge on any atom is 0.508 e. The summed E-state index contributed by atoms with van der Waals surface area (Å²) in [6.07, 6.45) is -1.57. The van der Waals surface area contributed by atoms with Crippen molar-refractivity contribution in [2.75, 3.05) is 5.75 Å². The minimum absolute atomic E-state index is 0.0786. The van der Waals surface area contributed by atoms with Gasteiger partial charge in [0, 0.05) is 12.1 Å². The highest BCUT2D eigenvalue weighted by molar-refractivity contribution is 8.13. The molecule has 2 aromatic carbocycles. The van der Waals surface area contributed by atoms with Crippen LogP contribution in [0.1, 0.15) is 31.4 Å². The van der Waals surface area contributed by atoms with Crippen LogP contribution in [0.3, 0.4) is 0 Å². The third kappa shape index (κ3) is 6.49. The van der Waals surface area contributed by atoms with E-state index in [2.05, 4.69) is 4.79 Å². The van der Waals surface area contributed by atoms with Crippen molar-refractivity contribution in [1.29, 1.82) is 0 Å². The number of thioether (sulfide) groups is 1. The van der Waals surface area contributed by atoms with Crippen LogP contribution in [-0.4, -0.2) is 59.5 Å². The highest BCUT2D eigenvalue weighted by atomic mass is 32.2. The Morgan fingerprint density at radius 1 is 1.12 bits per heavy atom. The molecule has 1 saturated heterocycles. The van der Waals surface area contributed by atoms with Crippen LogP contribution in [0.15, 0.2) is 65.2 Å². The fraction of sp³-hybridized carbons (Fsp3) is 0.333. The lowest BCUT2D eigenvalue weighted by Crippen LogP contribution is -2.70. The number of carbonyl (C=O) groups excluding carboxylic acids is 3. The lowest BCUT2D eigenvalue weighted by atomic mass is 9.91. The van der Waals surface area contributed by atoms with E-state index in [1.54, 1.807) is 24.3 Å². The van der Waals surface area contributed by atoms with E-state index in [0.717, 1.165) is 16.7 Å². The van der Waals surface area contributed by atoms with Gasteiger partial charge in [-0.2, -0.15) is 0 Å². The van der Waals surface area contributed by atoms with E-state index in [1.807, 2.05) is 13.0 Å². The molecule has 220 valence electrons. The number of hydrogen-bond acceptors (Lipinski definition) is 10. The van der Waals surface area contributed by atoms with Gasteiger partial charge in [-0.3, -0.25) is 19.8 Å². The zero-order valence-electron chi connectivity index (χ0n) is 22.5. The monoisotopic (exact) mass is 614 g/mol. The average molecular weight is 615 g/mol. The van der Waals surface area contributed by atoms with Crippen LogP contribution in [0.2, 0.25) is 0 Å². The van der Waals surface area contributed by atoms with Gasteiger partial charge in [0.2, 0.25) is 11.3 Å². The maximum absolute atomic E-state index is 13.5. The molecule has 2 heterocycles. The van der Waals surface area contributed by atoms with Crippen LogP contribution < -0.4 is 0 Å². The zero-order chi connectivity index (χ0) is 30.4. The molecule has 42 heavy (non-hydrogen) atoms. The number of rotatable bonds is 11. The Balaban J connectivity index is 1.49. The SMILES string of the molecule is CCCSC1=C(C(=O)OCc2ccccc2)N2C(=O)[C@H](C(C)OC(=O)OCc3ccc([N+](=O)[O-])cc3)[C@@H]2[S@@+]([O-])C1=[N+]=[N-]. The molecule has 15 heteroatoms. The number of nitrogens with zero attached hydrogens (tertiary/aromatic N) is 4. The number of esters is 1. The fourth-order valence-corrected chi connectivity index (χ4v) is 7.23. The number of nitro groups is 1. The molecule has 0 aliphatic carbocycles. The third-order valence-corrected chi connectivity index (χ3v) is 9.41. The summed E-state index contributed by atoms with van der Waals surface area (Å²) in [6.45, 7) is 2.98. The van der Waals surface area contributed by atoms with Crippen molar-refractivity contribution in [3.05, 3.63) is 92.0 Å². The van der Waals surface area contributed by atoms with Crippen molar-refractivity contribution >= 4 is 51.7 Å². The van der Waals surface area contributed by atoms with Gasteiger partial charge >= 0.3 is 17.2 Å². The van der Waals surface area contributed by atoms with Crippen LogP contribution in [0.5, 0.6) is 0 Å². The summed E-state index contributed by atoms with van der Waals surface area (Å²) in [4.78, 5) is 53.7. The molecule has 13 nitrogen and oxygen atoms in total. The van der Waals surface area contributed by atoms with Crippen LogP contribution in [-0.2, 0) is 48.2 Å². The molecule has 4 atom stereocenters. The molecule has 1 unspecified atom stereocenters. The van der Waals surface area contributed by atoms with Gasteiger partial charge in [-0.05, 0) is 42.4 Å². The molecule has 2 aliphatic rings. The normalized spacial score (nSPS) is 20.2. The van der Waals surface area contributed by atoms with Gasteiger partial charge in [0.1, 0.15) is 25.2 Å². The largest absolute Gasteiger partial charge is 0.604 e. The molecular weight excluding hydrogens is 588 g/mol. The summed E-state index contributed by atoms with van der Waals surface area (Å²) in [7, 11) is 0. The predicted octanol–water partition coefficient (Wildman–Crippen LogP) is 3.91. The average Bonchev–Trinajstić information content (AvgIpc) is 2.98. The highest BCUT2D eigenvalue weighted by Crippen LogP contribution is 2.46. The number of benzene rings is 2. The lowest BCUT2D eigenvalue weighted by Gasteiger charge is -2.48. The van der Waals surface area contributed by atoms with Crippen LogP contribution in [0, 0.1) is 16.0 Å². The second-order valence-corrected chi connectivity index (χ2v) is 11.8. The molecule has 2 aromatic rings. The number of nitro benzene ring substituents is 1. The van der Waals surface area contributed by atoms with Crippen molar-refractivity contribution in [2.24, 2.45) is 5.92 Å². The summed E-state index contributed by atoms with van der Waals surface area (Å²) in [5.41, 5.74) is 10.6. The first-order valence-electron chi connectivity index (χ1n) is 12.8. The Morgan fingerprint density at radius 2 is 1.76 bits per heavy atom. The van der Waals surface area contributed by atoms with E-state index in [-0.39, 0.29) is 34.5 Å². The minimum atomic E-state index is -2.07. The highest BCUT2D eigenvalue weighted by Gasteiger charge is 2.67. The van der Waals surface area contributed by atoms with Gasteiger partial charge in [0.05, 0.1) is 16.1 Å². The van der Waals surface area contributed by atoms with E-state index in [0.29, 0.717) is 23.3 Å². The van der Waals surface area contributed by atoms with Crippen molar-refractivity contribution in [2.45, 2.75) is 45.0 Å². The Hall–Kier alpha value is -4.17. The van der Waals surface area contributed by atoms with Crippen LogP contribution in [0.25, 0.3) is 5.53 Å². The summed E-state index contributed by atoms with van der Waals surface area (Å²) in [5, 5.41) is 9.36. The topological polar surface area (TPSA) is 185 Å². The first kappa shape index (κ1) is 30.8. The van der Waals surface area contributed by atoms with Gasteiger partial charge in [0.25, 0.3) is 5.69 Å². The molecule has 0 radical (unpaired) electrons. The smallest absolute Gasteiger partial charge is 0.508 e. The van der Waals surface area contributed by atoms with Gasteiger partial charge in [-0.25, -0.2) is 9.59 Å². The van der Waals surface area contributed by atoms with E-state index >= 15 is 0 Å². The molecule has 0 spiro atoms. The maximum atomic E-state index is 13.5. The summed E-state index contributed by atoms with van der Waals surface area (Å²) in [5.74, 6) is -2.13. The van der Waals surface area contributed by atoms with Gasteiger partial charge in [-0.1, -0.05) is 37.3 Å². The number of non-ortho nitro benzene ring substituents is 1. The quantitative estimate of drug-likeness (QED) is 0.0683. The van der Waals surface area contributed by atoms with Crippen LogP contribution in [0.4, 0.5) is 10.5 Å². The van der Waals surface area contributed by atoms with Gasteiger partial charge < -0.3 is 24.3 Å². The van der Waals surface area contributed by atoms with Gasteiger partial charge in [-0.15, -0.1) is 16.6 Å². The summed E-state index contributed by atoms with van der Waals surface area (Å²) in [6, 6.07) is 14.3. The number of carbonyl (C=O) groups is 3. The standard InChI is InChI=1S/C27H26N4O9S2/c1-3-13-41-22-21(26(33)38-14-17-7-5-4-6-8-17)30-24(32)20(25(30)42(37)23(22)29-28)16(2)40-27(34)39-15-18-9-11-19(12-10-18)31(35)36/h4-12,16,20,25H,3,13-15H2,1-2H3/t16?,20-,25-,42-/m0/s1. The number of β-lactam (4-membered cyclic amide) rings is 1. The second kappa shape index (κ2) is 13.7. The molecule has 0 N–H and O–H groups in total. The Labute approximate surface area is 247 Å². The van der Waals surface area contributed by atoms with Crippen molar-refractivity contribution in [1.82, 2.24) is 4.90 Å². The molecule has 1 fully saturated rings. The van der Waals surface area contributed by atoms with E-state index in [9.17, 15) is 34.6 Å². The molecule has 0 saturated carbocycles. The lowest BCUT2D eigenvalue weighted by molar-refractivity contribution is -0.384. The number of fused-ring (bicyclic) bond motifs is 1. The summed E-state index contributed by atoms with van der Waals surface area (Å²) >= 11 is -0.952. The van der Waals surface area contributed by atoms with E-state index in [1.165, 1.54) is 31.2 Å². The zero-order valence-corrected chi connectivity index (χ0v) is 24.2. The number of amides is 1. The van der Waals surface area contributed by atoms with Crippen LogP contribution >= 0.6 is 11.8 Å². The summed E-state index contributed by atoms with van der Waals surface area (Å²) < 4.78 is 29.3. The molecule has 0 aromatic heterocycles. The molecule has 4 rings (SSSR count). The second-order valence-electron chi connectivity index (χ2n) is 9.20. The van der Waals surface area contributed by atoms with Crippen molar-refractivity contribution < 1.29 is 42.9 Å². The number of hydrogen-bond donors (Lipinski definition) is 0. The van der Waals surface area contributed by atoms with Gasteiger partial charge in [0.15, 0.2) is 10.6 Å². The molecular formula is C27H26N4O9S2. The number of ether oxygens (including phenoxy) is 3. The predicted molar refractivity (Wildman–Crippen MR) is 151 cm³/mol. The Bertz CT molecular complexity index is 1450. The third-order valence-electron chi connectivity index (χ3n) is 6.38. The fourth-order valence-electron chi connectivity index (χ4n) is 4.32. The first-order chi connectivity index (χ1) is 20.2. The van der Waals surface area contributed by atoms with Crippen molar-refractivity contribution in [3.8, 4) is 0 Å². The Kier molecular flexibility index (Phi) is 10.0. The molecule has 2 aliphatic heterocycles. The molecule has 1 amide bonds. The first-order valence-corrected chi connectivity index (χ1v) is 15.0. The Morgan fingerprint density at radius 3 is 2.38 bits per heavy atom. The van der Waals surface area contributed by atoms with Crippen molar-refractivity contribution in [3.63, 3.8) is 0 Å². The molecule has 0 bridgehead atoms. The van der Waals surface area contributed by atoms with E-state index < -0.39 is 51.5 Å².